The summed E-state index contributed by atoms with van der Waals surface area (Å²) < 4.78 is 57.4. The van der Waals surface area contributed by atoms with Crippen molar-refractivity contribution in [3.8, 4) is 0 Å². The van der Waals surface area contributed by atoms with E-state index in [2.05, 4.69) is 20.6 Å². The number of likely N-dealkylation sites (tertiary alicyclic amines) is 1. The highest BCUT2D eigenvalue weighted by molar-refractivity contribution is 6.22. The highest BCUT2D eigenvalue weighted by Gasteiger charge is 2.44. The molecule has 1 saturated heterocycles. The molecule has 2 N–H and O–H groups in total. The van der Waals surface area contributed by atoms with E-state index >= 15 is 0 Å². The zero-order valence-electron chi connectivity index (χ0n) is 16.4. The maximum Gasteiger partial charge on any atom is 0.421 e. The van der Waals surface area contributed by atoms with Crippen LogP contribution in [0.1, 0.15) is 29.3 Å². The van der Waals surface area contributed by atoms with Crippen LogP contribution in [-0.4, -0.2) is 52.0 Å². The molecule has 0 radical (unpaired) electrons. The van der Waals surface area contributed by atoms with E-state index in [9.17, 15) is 22.4 Å². The van der Waals surface area contributed by atoms with Crippen molar-refractivity contribution in [1.29, 1.82) is 0 Å². The van der Waals surface area contributed by atoms with Gasteiger partial charge >= 0.3 is 6.18 Å². The minimum absolute atomic E-state index is 0.0809. The van der Waals surface area contributed by atoms with Gasteiger partial charge in [-0.2, -0.15) is 18.2 Å². The zero-order chi connectivity index (χ0) is 22.6. The molecule has 7 nitrogen and oxygen atoms in total. The number of hydrogen-bond donors (Lipinski definition) is 2. The topological polar surface area (TPSA) is 79.4 Å². The van der Waals surface area contributed by atoms with Gasteiger partial charge in [0, 0.05) is 24.7 Å². The lowest BCUT2D eigenvalue weighted by atomic mass is 10.2. The van der Waals surface area contributed by atoms with Crippen molar-refractivity contribution in [3.63, 3.8) is 0 Å². The maximum atomic E-state index is 13.1. The third kappa shape index (κ3) is 5.16. The number of ether oxygens (including phenoxy) is 1. The number of hydrogen-bond acceptors (Lipinski definition) is 6. The first-order chi connectivity index (χ1) is 14.8. The monoisotopic (exact) mass is 461 g/mol. The number of amides is 1. The summed E-state index contributed by atoms with van der Waals surface area (Å²) >= 11 is 6.46. The lowest BCUT2D eigenvalue weighted by molar-refractivity contribution is -0.137. The summed E-state index contributed by atoms with van der Waals surface area (Å²) in [6, 6.07) is 7.55. The average Bonchev–Trinajstić information content (AvgIpc) is 3.03. The Bertz CT molecular complexity index is 903. The molecule has 0 spiro atoms. The number of halogens is 5. The van der Waals surface area contributed by atoms with Crippen molar-refractivity contribution in [1.82, 2.24) is 14.9 Å². The number of rotatable bonds is 7. The molecule has 3 rings (SSSR count). The van der Waals surface area contributed by atoms with Gasteiger partial charge in [-0.1, -0.05) is 29.8 Å². The van der Waals surface area contributed by atoms with Crippen molar-refractivity contribution in [2.75, 3.05) is 24.0 Å². The fourth-order valence-electron chi connectivity index (χ4n) is 3.24. The highest BCUT2D eigenvalue weighted by atomic mass is 35.5. The standard InChI is InChI=1S/C19H20ClF4N5O2/c1-2-25-16-12(19(22,23)24)9-26-18(28-16)27-13-8-14(31-10-21)29(15(13)20)17(30)11-6-4-3-5-7-11/h3-7,9,13-15H,2,8,10H2,1H3,(H2,25,26,27,28). The molecular weight excluding hydrogens is 442 g/mol. The van der Waals surface area contributed by atoms with E-state index in [1.165, 1.54) is 4.90 Å². The lowest BCUT2D eigenvalue weighted by Gasteiger charge is -2.27. The number of carbonyl (C=O) groups excluding carboxylic acids is 1. The van der Waals surface area contributed by atoms with Crippen molar-refractivity contribution in [2.24, 2.45) is 0 Å². The van der Waals surface area contributed by atoms with E-state index in [1.807, 2.05) is 0 Å². The molecule has 1 aromatic carbocycles. The quantitative estimate of drug-likeness (QED) is 0.367. The van der Waals surface area contributed by atoms with Gasteiger partial charge in [0.05, 0.1) is 6.04 Å². The molecule has 0 bridgehead atoms. The molecule has 0 aliphatic carbocycles. The van der Waals surface area contributed by atoms with Crippen LogP contribution in [-0.2, 0) is 10.9 Å². The first-order valence-corrected chi connectivity index (χ1v) is 9.83. The Labute approximate surface area is 180 Å². The molecule has 168 valence electrons. The second-order valence-electron chi connectivity index (χ2n) is 6.65. The van der Waals surface area contributed by atoms with Crippen LogP contribution in [0.5, 0.6) is 0 Å². The fourth-order valence-corrected chi connectivity index (χ4v) is 3.62. The third-order valence-electron chi connectivity index (χ3n) is 4.63. The Hall–Kier alpha value is -2.66. The summed E-state index contributed by atoms with van der Waals surface area (Å²) in [6.07, 6.45) is -4.86. The molecule has 2 heterocycles. The summed E-state index contributed by atoms with van der Waals surface area (Å²) in [4.78, 5) is 21.7. The van der Waals surface area contributed by atoms with Gasteiger partial charge in [-0.05, 0) is 19.1 Å². The van der Waals surface area contributed by atoms with Crippen molar-refractivity contribution in [2.45, 2.75) is 37.3 Å². The van der Waals surface area contributed by atoms with Crippen LogP contribution in [0.2, 0.25) is 0 Å². The average molecular weight is 462 g/mol. The van der Waals surface area contributed by atoms with Crippen LogP contribution < -0.4 is 10.6 Å². The number of aromatic nitrogens is 2. The van der Waals surface area contributed by atoms with E-state index in [1.54, 1.807) is 37.3 Å². The molecule has 3 atom stereocenters. The molecule has 3 unspecified atom stereocenters. The van der Waals surface area contributed by atoms with Gasteiger partial charge in [-0.3, -0.25) is 9.69 Å². The number of nitrogens with one attached hydrogen (secondary N) is 2. The fraction of sp³-hybridized carbons (Fsp3) is 0.421. The predicted octanol–water partition coefficient (Wildman–Crippen LogP) is 4.09. The second kappa shape index (κ2) is 9.65. The maximum absolute atomic E-state index is 13.1. The van der Waals surface area contributed by atoms with Gasteiger partial charge in [-0.25, -0.2) is 9.37 Å². The number of anilines is 2. The summed E-state index contributed by atoms with van der Waals surface area (Å²) in [6.45, 7) is 0.709. The number of alkyl halides is 5. The minimum atomic E-state index is -4.63. The van der Waals surface area contributed by atoms with Crippen molar-refractivity contribution < 1.29 is 27.1 Å². The van der Waals surface area contributed by atoms with Crippen molar-refractivity contribution >= 4 is 29.3 Å². The Morgan fingerprint density at radius 3 is 2.65 bits per heavy atom. The molecule has 1 fully saturated rings. The molecule has 1 aliphatic rings. The van der Waals surface area contributed by atoms with E-state index in [0.717, 1.165) is 0 Å². The highest BCUT2D eigenvalue weighted by Crippen LogP contribution is 2.35. The minimum Gasteiger partial charge on any atom is -0.370 e. The normalized spacial score (nSPS) is 21.2. The van der Waals surface area contributed by atoms with Crippen LogP contribution in [0.4, 0.5) is 29.3 Å². The Balaban J connectivity index is 1.83. The summed E-state index contributed by atoms with van der Waals surface area (Å²) in [5, 5.41) is 5.39. The zero-order valence-corrected chi connectivity index (χ0v) is 17.1. The van der Waals surface area contributed by atoms with Crippen LogP contribution in [0.3, 0.4) is 0 Å². The van der Waals surface area contributed by atoms with Crippen LogP contribution in [0.25, 0.3) is 0 Å². The molecule has 2 aromatic rings. The first-order valence-electron chi connectivity index (χ1n) is 9.40. The number of benzene rings is 1. The van der Waals surface area contributed by atoms with Gasteiger partial charge in [-0.15, -0.1) is 0 Å². The Morgan fingerprint density at radius 2 is 2.03 bits per heavy atom. The predicted molar refractivity (Wildman–Crippen MR) is 106 cm³/mol. The van der Waals surface area contributed by atoms with Gasteiger partial charge in [0.15, 0.2) is 6.86 Å². The Kier molecular flexibility index (Phi) is 7.16. The lowest BCUT2D eigenvalue weighted by Crippen LogP contribution is -2.42. The van der Waals surface area contributed by atoms with Gasteiger partial charge in [0.25, 0.3) is 5.91 Å². The van der Waals surface area contributed by atoms with Gasteiger partial charge < -0.3 is 15.4 Å². The third-order valence-corrected chi connectivity index (χ3v) is 5.14. The van der Waals surface area contributed by atoms with Crippen LogP contribution in [0.15, 0.2) is 36.5 Å². The molecule has 1 aliphatic heterocycles. The number of carbonyl (C=O) groups is 1. The number of nitrogens with zero attached hydrogens (tertiary/aromatic N) is 3. The largest absolute Gasteiger partial charge is 0.421 e. The SMILES string of the molecule is CCNc1nc(NC2CC(OCF)N(C(=O)c3ccccc3)C2Cl)ncc1C(F)(F)F. The molecule has 1 aromatic heterocycles. The molecule has 1 amide bonds. The van der Waals surface area contributed by atoms with E-state index in [4.69, 9.17) is 16.3 Å². The smallest absolute Gasteiger partial charge is 0.370 e. The molecule has 31 heavy (non-hydrogen) atoms. The van der Waals surface area contributed by atoms with E-state index in [0.29, 0.717) is 11.8 Å². The van der Waals surface area contributed by atoms with Crippen molar-refractivity contribution in [3.05, 3.63) is 47.7 Å². The summed E-state index contributed by atoms with van der Waals surface area (Å²) in [7, 11) is 0. The summed E-state index contributed by atoms with van der Waals surface area (Å²) in [5.74, 6) is -0.969. The molecule has 0 saturated carbocycles. The van der Waals surface area contributed by atoms with Crippen LogP contribution >= 0.6 is 11.6 Å². The van der Waals surface area contributed by atoms with E-state index < -0.39 is 42.3 Å². The first kappa shape index (κ1) is 23.0. The molecular formula is C19H20ClF4N5O2. The van der Waals surface area contributed by atoms with Crippen LogP contribution in [0, 0.1) is 0 Å². The molecule has 12 heteroatoms. The van der Waals surface area contributed by atoms with Gasteiger partial charge in [0.2, 0.25) is 5.95 Å². The second-order valence-corrected chi connectivity index (χ2v) is 7.10. The van der Waals surface area contributed by atoms with E-state index in [-0.39, 0.29) is 24.7 Å². The summed E-state index contributed by atoms with van der Waals surface area (Å²) in [5.41, 5.74) is -1.66. The van der Waals surface area contributed by atoms with Gasteiger partial charge in [0.1, 0.15) is 23.1 Å². The Morgan fingerprint density at radius 1 is 1.32 bits per heavy atom.